The lowest BCUT2D eigenvalue weighted by Gasteiger charge is -2.22. The van der Waals surface area contributed by atoms with Gasteiger partial charge in [-0.05, 0) is 31.0 Å². The van der Waals surface area contributed by atoms with Gasteiger partial charge in [-0.3, -0.25) is 9.59 Å². The highest BCUT2D eigenvalue weighted by Gasteiger charge is 2.19. The normalized spacial score (nSPS) is 10.1. The summed E-state index contributed by atoms with van der Waals surface area (Å²) < 4.78 is 0.859. The largest absolute Gasteiger partial charge is 0.358 e. The maximum absolute atomic E-state index is 12.5. The van der Waals surface area contributed by atoms with Gasteiger partial charge in [0.15, 0.2) is 0 Å². The molecule has 4 nitrogen and oxygen atoms in total. The van der Waals surface area contributed by atoms with Crippen molar-refractivity contribution in [2.75, 3.05) is 20.1 Å². The van der Waals surface area contributed by atoms with Crippen molar-refractivity contribution >= 4 is 27.7 Å². The van der Waals surface area contributed by atoms with Gasteiger partial charge in [0.05, 0.1) is 6.54 Å². The van der Waals surface area contributed by atoms with Gasteiger partial charge in [-0.25, -0.2) is 0 Å². The molecule has 0 unspecified atom stereocenters. The van der Waals surface area contributed by atoms with E-state index in [-0.39, 0.29) is 18.4 Å². The molecule has 5 heteroatoms. The number of halogens is 1. The van der Waals surface area contributed by atoms with Crippen molar-refractivity contribution in [1.82, 2.24) is 10.2 Å². The van der Waals surface area contributed by atoms with Gasteiger partial charge in [-0.2, -0.15) is 0 Å². The van der Waals surface area contributed by atoms with E-state index < -0.39 is 0 Å². The van der Waals surface area contributed by atoms with Gasteiger partial charge in [0.1, 0.15) is 0 Å². The highest BCUT2D eigenvalue weighted by molar-refractivity contribution is 9.10. The van der Waals surface area contributed by atoms with Gasteiger partial charge in [-0.15, -0.1) is 0 Å². The first-order chi connectivity index (χ1) is 8.99. The maximum atomic E-state index is 12.5. The van der Waals surface area contributed by atoms with Crippen molar-refractivity contribution in [2.45, 2.75) is 20.3 Å². The zero-order valence-electron chi connectivity index (χ0n) is 11.5. The fourth-order valence-corrected chi connectivity index (χ4v) is 2.13. The topological polar surface area (TPSA) is 49.4 Å². The molecule has 0 bridgehead atoms. The number of carbonyl (C=O) groups excluding carboxylic acids is 2. The molecular weight excluding hydrogens is 308 g/mol. The number of carbonyl (C=O) groups is 2. The zero-order chi connectivity index (χ0) is 14.4. The molecule has 0 spiro atoms. The molecule has 0 heterocycles. The number of rotatable bonds is 5. The highest BCUT2D eigenvalue weighted by Crippen LogP contribution is 2.18. The molecule has 19 heavy (non-hydrogen) atoms. The molecular formula is C14H19BrN2O2. The number of hydrogen-bond acceptors (Lipinski definition) is 2. The third-order valence-electron chi connectivity index (χ3n) is 2.82. The lowest BCUT2D eigenvalue weighted by molar-refractivity contribution is -0.121. The van der Waals surface area contributed by atoms with Gasteiger partial charge < -0.3 is 10.2 Å². The van der Waals surface area contributed by atoms with Crippen LogP contribution in [0.3, 0.4) is 0 Å². The molecule has 0 saturated heterocycles. The molecule has 1 aromatic carbocycles. The first-order valence-electron chi connectivity index (χ1n) is 6.25. The Kier molecular flexibility index (Phi) is 6.02. The smallest absolute Gasteiger partial charge is 0.254 e. The summed E-state index contributed by atoms with van der Waals surface area (Å²) in [6, 6.07) is 5.58. The van der Waals surface area contributed by atoms with Gasteiger partial charge in [0.25, 0.3) is 5.91 Å². The van der Waals surface area contributed by atoms with Crippen LogP contribution in [-0.4, -0.2) is 36.9 Å². The van der Waals surface area contributed by atoms with E-state index in [0.717, 1.165) is 16.5 Å². The highest BCUT2D eigenvalue weighted by atomic mass is 79.9. The number of hydrogen-bond donors (Lipinski definition) is 1. The number of likely N-dealkylation sites (N-methyl/N-ethyl adjacent to an activating group) is 1. The average molecular weight is 327 g/mol. The van der Waals surface area contributed by atoms with Crippen LogP contribution in [0.15, 0.2) is 22.7 Å². The first kappa shape index (κ1) is 15.7. The molecule has 0 fully saturated rings. The molecule has 1 N–H and O–H groups in total. The Bertz CT molecular complexity index is 475. The lowest BCUT2D eigenvalue weighted by atomic mass is 10.1. The Labute approximate surface area is 122 Å². The summed E-state index contributed by atoms with van der Waals surface area (Å²) in [6.07, 6.45) is 0.815. The maximum Gasteiger partial charge on any atom is 0.254 e. The third-order valence-corrected chi connectivity index (χ3v) is 3.32. The standard InChI is InChI=1S/C14H19BrN2O2/c1-4-7-17(9-13(18)16-3)14(19)12-8-11(15)6-5-10(12)2/h5-6,8H,4,7,9H2,1-3H3,(H,16,18). The summed E-state index contributed by atoms with van der Waals surface area (Å²) >= 11 is 3.37. The summed E-state index contributed by atoms with van der Waals surface area (Å²) in [4.78, 5) is 25.5. The van der Waals surface area contributed by atoms with Crippen LogP contribution in [0.5, 0.6) is 0 Å². The molecule has 0 aliphatic heterocycles. The lowest BCUT2D eigenvalue weighted by Crippen LogP contribution is -2.40. The Hall–Kier alpha value is -1.36. The number of aryl methyl sites for hydroxylation is 1. The van der Waals surface area contributed by atoms with E-state index in [1.807, 2.05) is 26.0 Å². The summed E-state index contributed by atoms with van der Waals surface area (Å²) in [6.45, 7) is 4.54. The minimum absolute atomic E-state index is 0.0924. The predicted octanol–water partition coefficient (Wildman–Crippen LogP) is 2.36. The van der Waals surface area contributed by atoms with E-state index in [2.05, 4.69) is 21.2 Å². The average Bonchev–Trinajstić information content (AvgIpc) is 2.40. The molecule has 104 valence electrons. The first-order valence-corrected chi connectivity index (χ1v) is 7.04. The van der Waals surface area contributed by atoms with Crippen molar-refractivity contribution in [1.29, 1.82) is 0 Å². The second-order valence-electron chi connectivity index (χ2n) is 4.36. The minimum Gasteiger partial charge on any atom is -0.358 e. The van der Waals surface area contributed by atoms with E-state index >= 15 is 0 Å². The van der Waals surface area contributed by atoms with Crippen molar-refractivity contribution in [3.8, 4) is 0 Å². The van der Waals surface area contributed by atoms with Gasteiger partial charge in [-0.1, -0.05) is 28.9 Å². The zero-order valence-corrected chi connectivity index (χ0v) is 13.1. The van der Waals surface area contributed by atoms with E-state index in [1.54, 1.807) is 18.0 Å². The summed E-state index contributed by atoms with van der Waals surface area (Å²) in [5.74, 6) is -0.265. The molecule has 1 aromatic rings. The fraction of sp³-hybridized carbons (Fsp3) is 0.429. The van der Waals surface area contributed by atoms with Crippen LogP contribution >= 0.6 is 15.9 Å². The summed E-state index contributed by atoms with van der Waals surface area (Å²) in [7, 11) is 1.57. The van der Waals surface area contributed by atoms with Crippen LogP contribution in [0.2, 0.25) is 0 Å². The molecule has 0 aliphatic carbocycles. The molecule has 0 saturated carbocycles. The Balaban J connectivity index is 2.98. The van der Waals surface area contributed by atoms with Crippen LogP contribution in [0, 0.1) is 6.92 Å². The number of amides is 2. The second kappa shape index (κ2) is 7.28. The van der Waals surface area contributed by atoms with Crippen molar-refractivity contribution in [3.05, 3.63) is 33.8 Å². The van der Waals surface area contributed by atoms with E-state index in [1.165, 1.54) is 0 Å². The molecule has 1 rings (SSSR count). The molecule has 2 amide bonds. The predicted molar refractivity (Wildman–Crippen MR) is 79.1 cm³/mol. The van der Waals surface area contributed by atoms with Crippen molar-refractivity contribution in [2.24, 2.45) is 0 Å². The summed E-state index contributed by atoms with van der Waals surface area (Å²) in [5.41, 5.74) is 1.54. The van der Waals surface area contributed by atoms with E-state index in [4.69, 9.17) is 0 Å². The van der Waals surface area contributed by atoms with Crippen molar-refractivity contribution < 1.29 is 9.59 Å². The molecule has 0 aliphatic rings. The van der Waals surface area contributed by atoms with Crippen LogP contribution < -0.4 is 5.32 Å². The minimum atomic E-state index is -0.158. The van der Waals surface area contributed by atoms with Gasteiger partial charge >= 0.3 is 0 Å². The number of nitrogens with one attached hydrogen (secondary N) is 1. The van der Waals surface area contributed by atoms with Crippen molar-refractivity contribution in [3.63, 3.8) is 0 Å². The number of benzene rings is 1. The van der Waals surface area contributed by atoms with E-state index in [0.29, 0.717) is 12.1 Å². The number of nitrogens with zero attached hydrogens (tertiary/aromatic N) is 1. The van der Waals surface area contributed by atoms with Gasteiger partial charge in [0, 0.05) is 23.6 Å². The molecule has 0 aromatic heterocycles. The fourth-order valence-electron chi connectivity index (χ4n) is 1.77. The van der Waals surface area contributed by atoms with Crippen LogP contribution in [-0.2, 0) is 4.79 Å². The monoisotopic (exact) mass is 326 g/mol. The quantitative estimate of drug-likeness (QED) is 0.903. The molecule has 0 radical (unpaired) electrons. The van der Waals surface area contributed by atoms with E-state index in [9.17, 15) is 9.59 Å². The summed E-state index contributed by atoms with van der Waals surface area (Å²) in [5, 5.41) is 2.54. The second-order valence-corrected chi connectivity index (χ2v) is 5.27. The third kappa shape index (κ3) is 4.35. The molecule has 0 atom stereocenters. The Morgan fingerprint density at radius 1 is 1.37 bits per heavy atom. The Morgan fingerprint density at radius 3 is 2.63 bits per heavy atom. The van der Waals surface area contributed by atoms with Crippen LogP contribution in [0.25, 0.3) is 0 Å². The van der Waals surface area contributed by atoms with Gasteiger partial charge in [0.2, 0.25) is 5.91 Å². The Morgan fingerprint density at radius 2 is 2.05 bits per heavy atom. The van der Waals surface area contributed by atoms with Crippen LogP contribution in [0.1, 0.15) is 29.3 Å². The van der Waals surface area contributed by atoms with Crippen LogP contribution in [0.4, 0.5) is 0 Å². The SMILES string of the molecule is CCCN(CC(=O)NC)C(=O)c1cc(Br)ccc1C.